The van der Waals surface area contributed by atoms with Crippen LogP contribution in [-0.2, 0) is 4.79 Å². The van der Waals surface area contributed by atoms with Crippen LogP contribution >= 0.6 is 23.1 Å². The molecule has 27 heavy (non-hydrogen) atoms. The molecule has 1 N–H and O–H groups in total. The SMILES string of the molecule is Cc1cc(NC(=O)CSc2ccccc2)n(-c2nc3ccc(F)cc3s2)n1. The minimum atomic E-state index is -0.305. The number of hydrogen-bond acceptors (Lipinski definition) is 5. The van der Waals surface area contributed by atoms with Gasteiger partial charge < -0.3 is 5.32 Å². The Hall–Kier alpha value is -2.71. The van der Waals surface area contributed by atoms with Crippen LogP contribution in [0.3, 0.4) is 0 Å². The Balaban J connectivity index is 1.54. The minimum absolute atomic E-state index is 0.128. The highest BCUT2D eigenvalue weighted by Crippen LogP contribution is 2.28. The van der Waals surface area contributed by atoms with Gasteiger partial charge in [-0.05, 0) is 37.3 Å². The first-order valence-corrected chi connectivity index (χ1v) is 9.99. The lowest BCUT2D eigenvalue weighted by Crippen LogP contribution is -2.16. The number of fused-ring (bicyclic) bond motifs is 1. The summed E-state index contributed by atoms with van der Waals surface area (Å²) in [6.07, 6.45) is 0. The number of nitrogens with zero attached hydrogens (tertiary/aromatic N) is 3. The number of hydrogen-bond donors (Lipinski definition) is 1. The van der Waals surface area contributed by atoms with E-state index in [0.29, 0.717) is 22.2 Å². The Kier molecular flexibility index (Phi) is 4.91. The number of aryl methyl sites for hydroxylation is 1. The van der Waals surface area contributed by atoms with Gasteiger partial charge in [-0.1, -0.05) is 29.5 Å². The largest absolute Gasteiger partial charge is 0.310 e. The van der Waals surface area contributed by atoms with E-state index in [1.54, 1.807) is 16.8 Å². The fraction of sp³-hybridized carbons (Fsp3) is 0.105. The number of aromatic nitrogens is 3. The summed E-state index contributed by atoms with van der Waals surface area (Å²) in [6, 6.07) is 16.0. The monoisotopic (exact) mass is 398 g/mol. The fourth-order valence-electron chi connectivity index (χ4n) is 2.56. The first-order chi connectivity index (χ1) is 13.1. The second-order valence-corrected chi connectivity index (χ2v) is 7.90. The van der Waals surface area contributed by atoms with Crippen LogP contribution in [0.25, 0.3) is 15.3 Å². The fourth-order valence-corrected chi connectivity index (χ4v) is 4.23. The third-order valence-corrected chi connectivity index (χ3v) is 5.74. The third kappa shape index (κ3) is 4.01. The van der Waals surface area contributed by atoms with Crippen molar-refractivity contribution in [1.82, 2.24) is 14.8 Å². The van der Waals surface area contributed by atoms with Crippen molar-refractivity contribution >= 4 is 45.0 Å². The number of thioether (sulfide) groups is 1. The van der Waals surface area contributed by atoms with Crippen LogP contribution in [0.5, 0.6) is 0 Å². The average Bonchev–Trinajstić information content (AvgIpc) is 3.23. The molecule has 0 saturated heterocycles. The number of anilines is 1. The quantitative estimate of drug-likeness (QED) is 0.497. The number of benzene rings is 2. The van der Waals surface area contributed by atoms with E-state index < -0.39 is 0 Å². The third-order valence-electron chi connectivity index (χ3n) is 3.73. The molecule has 0 aliphatic heterocycles. The molecule has 0 saturated carbocycles. The highest BCUT2D eigenvalue weighted by molar-refractivity contribution is 8.00. The van der Waals surface area contributed by atoms with Crippen molar-refractivity contribution < 1.29 is 9.18 Å². The number of carbonyl (C=O) groups is 1. The van der Waals surface area contributed by atoms with E-state index in [2.05, 4.69) is 15.4 Å². The molecule has 0 aliphatic rings. The number of thiazole rings is 1. The molecule has 5 nitrogen and oxygen atoms in total. The number of rotatable bonds is 5. The van der Waals surface area contributed by atoms with Crippen molar-refractivity contribution in [2.75, 3.05) is 11.1 Å². The van der Waals surface area contributed by atoms with Crippen molar-refractivity contribution in [3.05, 3.63) is 66.1 Å². The second kappa shape index (κ2) is 7.50. The minimum Gasteiger partial charge on any atom is -0.310 e. The maximum absolute atomic E-state index is 13.4. The summed E-state index contributed by atoms with van der Waals surface area (Å²) in [5.74, 6) is 0.405. The highest BCUT2D eigenvalue weighted by atomic mass is 32.2. The van der Waals surface area contributed by atoms with Crippen LogP contribution in [0.4, 0.5) is 10.2 Å². The van der Waals surface area contributed by atoms with Gasteiger partial charge in [0.2, 0.25) is 11.0 Å². The molecule has 0 fully saturated rings. The van der Waals surface area contributed by atoms with Crippen LogP contribution < -0.4 is 5.32 Å². The molecule has 0 atom stereocenters. The molecule has 4 aromatic rings. The van der Waals surface area contributed by atoms with Gasteiger partial charge in [0.25, 0.3) is 0 Å². The Labute approximate surface area is 163 Å². The maximum Gasteiger partial charge on any atom is 0.235 e. The molecule has 0 spiro atoms. The summed E-state index contributed by atoms with van der Waals surface area (Å²) in [7, 11) is 0. The van der Waals surface area contributed by atoms with Gasteiger partial charge in [0.15, 0.2) is 0 Å². The van der Waals surface area contributed by atoms with Crippen molar-refractivity contribution in [2.24, 2.45) is 0 Å². The van der Waals surface area contributed by atoms with Crippen molar-refractivity contribution in [2.45, 2.75) is 11.8 Å². The van der Waals surface area contributed by atoms with Gasteiger partial charge in [0.1, 0.15) is 11.6 Å². The molecule has 136 valence electrons. The van der Waals surface area contributed by atoms with E-state index in [4.69, 9.17) is 0 Å². The van der Waals surface area contributed by atoms with Crippen molar-refractivity contribution in [1.29, 1.82) is 0 Å². The molecule has 2 heterocycles. The molecule has 4 rings (SSSR count). The lowest BCUT2D eigenvalue weighted by atomic mass is 10.3. The average molecular weight is 398 g/mol. The number of nitrogens with one attached hydrogen (secondary N) is 1. The molecular formula is C19H15FN4OS2. The lowest BCUT2D eigenvalue weighted by Gasteiger charge is -2.06. The molecular weight excluding hydrogens is 383 g/mol. The molecule has 0 bridgehead atoms. The Morgan fingerprint density at radius 1 is 1.22 bits per heavy atom. The highest BCUT2D eigenvalue weighted by Gasteiger charge is 2.15. The lowest BCUT2D eigenvalue weighted by molar-refractivity contribution is -0.113. The van der Waals surface area contributed by atoms with E-state index in [9.17, 15) is 9.18 Å². The van der Waals surface area contributed by atoms with E-state index in [0.717, 1.165) is 15.3 Å². The van der Waals surface area contributed by atoms with Gasteiger partial charge in [0, 0.05) is 11.0 Å². The molecule has 0 unspecified atom stereocenters. The molecule has 0 aliphatic carbocycles. The summed E-state index contributed by atoms with van der Waals surface area (Å²) >= 11 is 2.79. The van der Waals surface area contributed by atoms with Crippen LogP contribution in [-0.4, -0.2) is 26.4 Å². The molecule has 2 aromatic heterocycles. The summed E-state index contributed by atoms with van der Waals surface area (Å²) in [5.41, 5.74) is 1.45. The van der Waals surface area contributed by atoms with Gasteiger partial charge in [-0.2, -0.15) is 9.78 Å². The first-order valence-electron chi connectivity index (χ1n) is 8.19. The van der Waals surface area contributed by atoms with Crippen LogP contribution in [0, 0.1) is 12.7 Å². The van der Waals surface area contributed by atoms with E-state index >= 15 is 0 Å². The molecule has 0 radical (unpaired) electrons. The van der Waals surface area contributed by atoms with Gasteiger partial charge in [0.05, 0.1) is 21.7 Å². The Morgan fingerprint density at radius 3 is 2.85 bits per heavy atom. The predicted molar refractivity (Wildman–Crippen MR) is 107 cm³/mol. The zero-order chi connectivity index (χ0) is 18.8. The molecule has 2 aromatic carbocycles. The van der Waals surface area contributed by atoms with E-state index in [1.165, 1.54) is 35.2 Å². The van der Waals surface area contributed by atoms with Gasteiger partial charge in [-0.25, -0.2) is 9.37 Å². The summed E-state index contributed by atoms with van der Waals surface area (Å²) < 4.78 is 15.7. The number of halogens is 1. The van der Waals surface area contributed by atoms with Crippen LogP contribution in [0.15, 0.2) is 59.5 Å². The molecule has 8 heteroatoms. The molecule has 1 amide bonds. The second-order valence-electron chi connectivity index (χ2n) is 5.84. The van der Waals surface area contributed by atoms with E-state index in [1.807, 2.05) is 37.3 Å². The van der Waals surface area contributed by atoms with Crippen molar-refractivity contribution in [3.63, 3.8) is 0 Å². The Morgan fingerprint density at radius 2 is 2.04 bits per heavy atom. The zero-order valence-corrected chi connectivity index (χ0v) is 16.0. The zero-order valence-electron chi connectivity index (χ0n) is 14.3. The van der Waals surface area contributed by atoms with Gasteiger partial charge >= 0.3 is 0 Å². The smallest absolute Gasteiger partial charge is 0.235 e. The van der Waals surface area contributed by atoms with Crippen LogP contribution in [0.2, 0.25) is 0 Å². The first kappa shape index (κ1) is 17.7. The summed E-state index contributed by atoms with van der Waals surface area (Å²) in [4.78, 5) is 17.9. The number of amides is 1. The normalized spacial score (nSPS) is 11.0. The van der Waals surface area contributed by atoms with Crippen LogP contribution in [0.1, 0.15) is 5.69 Å². The standard InChI is InChI=1S/C19H15FN4OS2/c1-12-9-17(22-18(25)11-26-14-5-3-2-4-6-14)24(23-12)19-21-15-8-7-13(20)10-16(15)27-19/h2-10H,11H2,1H3,(H,22,25). The summed E-state index contributed by atoms with van der Waals surface area (Å²) in [5, 5.41) is 7.89. The number of carbonyl (C=O) groups excluding carboxylic acids is 1. The van der Waals surface area contributed by atoms with E-state index in [-0.39, 0.29) is 11.7 Å². The summed E-state index contributed by atoms with van der Waals surface area (Å²) in [6.45, 7) is 1.85. The van der Waals surface area contributed by atoms with Crippen molar-refractivity contribution in [3.8, 4) is 5.13 Å². The Bertz CT molecular complexity index is 1110. The van der Waals surface area contributed by atoms with Gasteiger partial charge in [-0.3, -0.25) is 4.79 Å². The van der Waals surface area contributed by atoms with Gasteiger partial charge in [-0.15, -0.1) is 11.8 Å². The topological polar surface area (TPSA) is 59.8 Å². The predicted octanol–water partition coefficient (Wildman–Crippen LogP) is 4.66. The maximum atomic E-state index is 13.4.